The Bertz CT molecular complexity index is 609. The molecule has 1 aromatic carbocycles. The molecule has 0 bridgehead atoms. The molecule has 0 fully saturated rings. The van der Waals surface area contributed by atoms with Crippen LogP contribution in [-0.4, -0.2) is 30.1 Å². The summed E-state index contributed by atoms with van der Waals surface area (Å²) in [4.78, 5) is 22.0. The topological polar surface area (TPSA) is 75.6 Å². The van der Waals surface area contributed by atoms with Crippen molar-refractivity contribution in [2.24, 2.45) is 0 Å². The first-order chi connectivity index (χ1) is 11.4. The van der Waals surface area contributed by atoms with Crippen molar-refractivity contribution in [2.75, 3.05) is 13.2 Å². The zero-order chi connectivity index (χ0) is 19.3. The second kappa shape index (κ2) is 8.37. The maximum Gasteiger partial charge on any atom is 0.303 e. The highest BCUT2D eigenvalue weighted by Gasteiger charge is 2.23. The van der Waals surface area contributed by atoms with Gasteiger partial charge in [0.05, 0.1) is 13.0 Å². The van der Waals surface area contributed by atoms with Gasteiger partial charge in [0.1, 0.15) is 12.4 Å². The summed E-state index contributed by atoms with van der Waals surface area (Å²) in [6, 6.07) is 6.27. The van der Waals surface area contributed by atoms with Crippen LogP contribution in [0.2, 0.25) is 0 Å². The Hall–Kier alpha value is -2.04. The summed E-state index contributed by atoms with van der Waals surface area (Å²) in [6.45, 7) is 13.7. The van der Waals surface area contributed by atoms with E-state index in [1.165, 1.54) is 5.56 Å². The van der Waals surface area contributed by atoms with Gasteiger partial charge in [0.2, 0.25) is 5.91 Å². The molecule has 0 aliphatic rings. The van der Waals surface area contributed by atoms with E-state index in [4.69, 9.17) is 9.84 Å². The smallest absolute Gasteiger partial charge is 0.303 e. The van der Waals surface area contributed by atoms with E-state index in [-0.39, 0.29) is 29.6 Å². The number of nitrogens with one attached hydrogen (secondary N) is 1. The molecule has 0 radical (unpaired) electrons. The third-order valence-electron chi connectivity index (χ3n) is 3.90. The molecule has 140 valence electrons. The van der Waals surface area contributed by atoms with Crippen molar-refractivity contribution in [1.29, 1.82) is 0 Å². The van der Waals surface area contributed by atoms with Crippen LogP contribution in [0.25, 0.3) is 0 Å². The van der Waals surface area contributed by atoms with Gasteiger partial charge in [-0.2, -0.15) is 0 Å². The van der Waals surface area contributed by atoms with Crippen LogP contribution in [0.5, 0.6) is 5.75 Å². The molecule has 2 N–H and O–H groups in total. The molecule has 1 rings (SSSR count). The summed E-state index contributed by atoms with van der Waals surface area (Å²) < 4.78 is 5.88. The van der Waals surface area contributed by atoms with Gasteiger partial charge >= 0.3 is 5.97 Å². The second-order valence-corrected chi connectivity index (χ2v) is 8.30. The molecule has 0 saturated heterocycles. The minimum atomic E-state index is -0.972. The lowest BCUT2D eigenvalue weighted by Crippen LogP contribution is -2.28. The van der Waals surface area contributed by atoms with E-state index in [1.807, 2.05) is 6.07 Å². The fraction of sp³-hybridized carbons (Fsp3) is 0.600. The number of hydrogen-bond acceptors (Lipinski definition) is 3. The average Bonchev–Trinajstić information content (AvgIpc) is 2.47. The summed E-state index contributed by atoms with van der Waals surface area (Å²) in [7, 11) is 0. The van der Waals surface area contributed by atoms with E-state index in [0.717, 1.165) is 11.3 Å². The fourth-order valence-corrected chi connectivity index (χ4v) is 2.37. The number of rotatable bonds is 7. The van der Waals surface area contributed by atoms with Crippen LogP contribution >= 0.6 is 0 Å². The lowest BCUT2D eigenvalue weighted by atomic mass is 9.80. The van der Waals surface area contributed by atoms with Gasteiger partial charge in [-0.1, -0.05) is 53.7 Å². The zero-order valence-corrected chi connectivity index (χ0v) is 16.2. The minimum absolute atomic E-state index is 0.0111. The molecule has 0 heterocycles. The van der Waals surface area contributed by atoms with Crippen molar-refractivity contribution in [3.63, 3.8) is 0 Å². The van der Waals surface area contributed by atoms with Crippen molar-refractivity contribution in [3.8, 4) is 5.75 Å². The molecule has 5 heteroatoms. The first-order valence-corrected chi connectivity index (χ1v) is 8.67. The van der Waals surface area contributed by atoms with Gasteiger partial charge in [0.15, 0.2) is 0 Å². The SMILES string of the molecule is CC(C)(C)c1ccc(OCCNC(=O)CCC(=O)O)c(C(C)(C)C)c1. The molecular formula is C20H31NO4. The molecule has 0 unspecified atom stereocenters. The number of carboxylic acids is 1. The van der Waals surface area contributed by atoms with Crippen LogP contribution in [0.15, 0.2) is 18.2 Å². The van der Waals surface area contributed by atoms with E-state index in [2.05, 4.69) is 59.0 Å². The third-order valence-corrected chi connectivity index (χ3v) is 3.90. The molecule has 0 atom stereocenters. The fourth-order valence-electron chi connectivity index (χ4n) is 2.37. The van der Waals surface area contributed by atoms with Gasteiger partial charge in [-0.05, 0) is 28.0 Å². The molecule has 5 nitrogen and oxygen atoms in total. The predicted molar refractivity (Wildman–Crippen MR) is 99.2 cm³/mol. The monoisotopic (exact) mass is 349 g/mol. The Balaban J connectivity index is 2.69. The Morgan fingerprint density at radius 2 is 1.68 bits per heavy atom. The van der Waals surface area contributed by atoms with Gasteiger partial charge in [0, 0.05) is 6.42 Å². The number of aliphatic carboxylic acids is 1. The molecule has 0 spiro atoms. The van der Waals surface area contributed by atoms with E-state index in [0.29, 0.717) is 13.2 Å². The van der Waals surface area contributed by atoms with Crippen LogP contribution in [0, 0.1) is 0 Å². The van der Waals surface area contributed by atoms with Crippen molar-refractivity contribution in [2.45, 2.75) is 65.2 Å². The molecule has 0 saturated carbocycles. The first-order valence-electron chi connectivity index (χ1n) is 8.67. The van der Waals surface area contributed by atoms with Crippen molar-refractivity contribution < 1.29 is 19.4 Å². The highest BCUT2D eigenvalue weighted by Crippen LogP contribution is 2.35. The molecule has 0 aromatic heterocycles. The van der Waals surface area contributed by atoms with Gasteiger partial charge in [-0.25, -0.2) is 0 Å². The van der Waals surface area contributed by atoms with Crippen molar-refractivity contribution in [1.82, 2.24) is 5.32 Å². The van der Waals surface area contributed by atoms with Crippen molar-refractivity contribution >= 4 is 11.9 Å². The average molecular weight is 349 g/mol. The zero-order valence-electron chi connectivity index (χ0n) is 16.2. The molecule has 0 aliphatic heterocycles. The van der Waals surface area contributed by atoms with Crippen LogP contribution in [0.3, 0.4) is 0 Å². The first kappa shape index (κ1) is 21.0. The van der Waals surface area contributed by atoms with E-state index in [9.17, 15) is 9.59 Å². The Kier molecular flexibility index (Phi) is 7.03. The number of carbonyl (C=O) groups excluding carboxylic acids is 1. The maximum atomic E-state index is 11.5. The summed E-state index contributed by atoms with van der Waals surface area (Å²) in [5, 5.41) is 11.2. The van der Waals surface area contributed by atoms with Gasteiger partial charge in [-0.3, -0.25) is 9.59 Å². The molecule has 1 aromatic rings. The van der Waals surface area contributed by atoms with E-state index < -0.39 is 5.97 Å². The van der Waals surface area contributed by atoms with Crippen molar-refractivity contribution in [3.05, 3.63) is 29.3 Å². The summed E-state index contributed by atoms with van der Waals surface area (Å²) in [6.07, 6.45) is -0.169. The lowest BCUT2D eigenvalue weighted by molar-refractivity contribution is -0.138. The van der Waals surface area contributed by atoms with Crippen LogP contribution in [-0.2, 0) is 20.4 Å². The summed E-state index contributed by atoms with van der Waals surface area (Å²) in [5.74, 6) is -0.425. The van der Waals surface area contributed by atoms with E-state index in [1.54, 1.807) is 0 Å². The van der Waals surface area contributed by atoms with Gasteiger partial charge < -0.3 is 15.2 Å². The Morgan fingerprint density at radius 3 is 2.20 bits per heavy atom. The lowest BCUT2D eigenvalue weighted by Gasteiger charge is -2.27. The van der Waals surface area contributed by atoms with Gasteiger partial charge in [-0.15, -0.1) is 0 Å². The van der Waals surface area contributed by atoms with Gasteiger partial charge in [0.25, 0.3) is 0 Å². The Labute approximate surface area is 150 Å². The van der Waals surface area contributed by atoms with E-state index >= 15 is 0 Å². The predicted octanol–water partition coefficient (Wildman–Crippen LogP) is 3.64. The highest BCUT2D eigenvalue weighted by atomic mass is 16.5. The quantitative estimate of drug-likeness (QED) is 0.737. The normalized spacial score (nSPS) is 11.9. The number of amides is 1. The summed E-state index contributed by atoms with van der Waals surface area (Å²) >= 11 is 0. The Morgan fingerprint density at radius 1 is 1.04 bits per heavy atom. The molecule has 1 amide bonds. The highest BCUT2D eigenvalue weighted by molar-refractivity contribution is 5.80. The largest absolute Gasteiger partial charge is 0.491 e. The number of carboxylic acid groups (broad SMARTS) is 1. The second-order valence-electron chi connectivity index (χ2n) is 8.30. The summed E-state index contributed by atoms with van der Waals surface area (Å²) in [5.41, 5.74) is 2.40. The molecular weight excluding hydrogens is 318 g/mol. The van der Waals surface area contributed by atoms with Crippen LogP contribution in [0.4, 0.5) is 0 Å². The number of ether oxygens (including phenoxy) is 1. The standard InChI is InChI=1S/C20H31NO4/c1-19(2,3)14-7-8-16(15(13-14)20(4,5)6)25-12-11-21-17(22)9-10-18(23)24/h7-8,13H,9-12H2,1-6H3,(H,21,22)(H,23,24). The third kappa shape index (κ3) is 7.16. The number of carbonyl (C=O) groups is 2. The molecule has 0 aliphatic carbocycles. The molecule has 25 heavy (non-hydrogen) atoms. The number of benzene rings is 1. The van der Waals surface area contributed by atoms with Crippen LogP contribution < -0.4 is 10.1 Å². The number of hydrogen-bond donors (Lipinski definition) is 2. The maximum absolute atomic E-state index is 11.5. The van der Waals surface area contributed by atoms with Crippen LogP contribution in [0.1, 0.15) is 65.5 Å². The minimum Gasteiger partial charge on any atom is -0.491 e.